The summed E-state index contributed by atoms with van der Waals surface area (Å²) in [7, 11) is 0. The van der Waals surface area contributed by atoms with Crippen LogP contribution in [0.2, 0.25) is 5.02 Å². The van der Waals surface area contributed by atoms with E-state index < -0.39 is 47.7 Å². The van der Waals surface area contributed by atoms with Crippen molar-refractivity contribution in [1.29, 1.82) is 0 Å². The summed E-state index contributed by atoms with van der Waals surface area (Å²) in [5, 5.41) is 7.20. The molecule has 4 rings (SSSR count). The Hall–Kier alpha value is -3.45. The molecule has 3 atom stereocenters. The number of nitrogens with zero attached hydrogens (tertiary/aromatic N) is 5. The number of rotatable bonds is 7. The fraction of sp³-hybridized carbons (Fsp3) is 0.458. The SMILES string of the molecule is C[C@H](Nc1nc(N2C(=O)OC[C@@H]2[C@@H](C)OC(C)(C)C)cc(C(F)(F)F)n1)c1nc(-c2ccc(Cl)cc2)no1. The maximum atomic E-state index is 13.8. The van der Waals surface area contributed by atoms with Crippen LogP contribution < -0.4 is 10.2 Å². The van der Waals surface area contributed by atoms with Gasteiger partial charge >= 0.3 is 12.3 Å². The molecular weight excluding hydrogens is 529 g/mol. The van der Waals surface area contributed by atoms with Gasteiger partial charge in [0, 0.05) is 16.7 Å². The molecule has 3 aromatic rings. The molecule has 38 heavy (non-hydrogen) atoms. The summed E-state index contributed by atoms with van der Waals surface area (Å²) in [4.78, 5) is 25.7. The van der Waals surface area contributed by atoms with Gasteiger partial charge in [-0.2, -0.15) is 23.1 Å². The van der Waals surface area contributed by atoms with E-state index in [0.717, 1.165) is 4.90 Å². The van der Waals surface area contributed by atoms with Gasteiger partial charge in [-0.05, 0) is 58.9 Å². The zero-order valence-electron chi connectivity index (χ0n) is 21.2. The quantitative estimate of drug-likeness (QED) is 0.381. The number of benzene rings is 1. The molecule has 2 aromatic heterocycles. The molecule has 1 aliphatic rings. The van der Waals surface area contributed by atoms with E-state index in [4.69, 9.17) is 25.6 Å². The monoisotopic (exact) mass is 554 g/mol. The van der Waals surface area contributed by atoms with E-state index in [-0.39, 0.29) is 24.1 Å². The van der Waals surface area contributed by atoms with E-state index in [1.807, 2.05) is 20.8 Å². The lowest BCUT2D eigenvalue weighted by Crippen LogP contribution is -2.45. The normalized spacial score (nSPS) is 17.9. The van der Waals surface area contributed by atoms with Gasteiger partial charge in [0.1, 0.15) is 24.5 Å². The van der Waals surface area contributed by atoms with Gasteiger partial charge in [-0.15, -0.1) is 0 Å². The molecule has 10 nitrogen and oxygen atoms in total. The van der Waals surface area contributed by atoms with Crippen LogP contribution in [0.1, 0.15) is 52.2 Å². The van der Waals surface area contributed by atoms with Crippen LogP contribution in [0.4, 0.5) is 29.7 Å². The third kappa shape index (κ3) is 6.33. The summed E-state index contributed by atoms with van der Waals surface area (Å²) in [6.45, 7) is 8.72. The number of cyclic esters (lactones) is 1. The van der Waals surface area contributed by atoms with Crippen LogP contribution in [0.25, 0.3) is 11.4 Å². The smallest absolute Gasteiger partial charge is 0.433 e. The van der Waals surface area contributed by atoms with Crippen LogP contribution in [0.15, 0.2) is 34.9 Å². The van der Waals surface area contributed by atoms with E-state index in [1.54, 1.807) is 38.1 Å². The molecule has 1 amide bonds. The Morgan fingerprint density at radius 2 is 1.82 bits per heavy atom. The molecule has 0 radical (unpaired) electrons. The summed E-state index contributed by atoms with van der Waals surface area (Å²) in [6.07, 6.45) is -6.21. The molecule has 0 spiro atoms. The number of aromatic nitrogens is 4. The molecule has 14 heteroatoms. The van der Waals surface area contributed by atoms with Crippen molar-refractivity contribution in [2.75, 3.05) is 16.8 Å². The first-order valence-electron chi connectivity index (χ1n) is 11.7. The maximum Gasteiger partial charge on any atom is 0.433 e. The van der Waals surface area contributed by atoms with Crippen molar-refractivity contribution in [3.63, 3.8) is 0 Å². The number of nitrogens with one attached hydrogen (secondary N) is 1. The fourth-order valence-corrected chi connectivity index (χ4v) is 3.96. The second-order valence-electron chi connectivity index (χ2n) is 9.71. The summed E-state index contributed by atoms with van der Waals surface area (Å²) in [6, 6.07) is 5.95. The third-order valence-electron chi connectivity index (χ3n) is 5.50. The number of alkyl halides is 3. The summed E-state index contributed by atoms with van der Waals surface area (Å²) < 4.78 is 57.6. The van der Waals surface area contributed by atoms with Crippen LogP contribution >= 0.6 is 11.6 Å². The van der Waals surface area contributed by atoms with E-state index in [1.165, 1.54) is 0 Å². The van der Waals surface area contributed by atoms with Crippen LogP contribution in [0, 0.1) is 0 Å². The van der Waals surface area contributed by atoms with Crippen LogP contribution in [0.3, 0.4) is 0 Å². The number of halogens is 4. The zero-order valence-corrected chi connectivity index (χ0v) is 22.0. The van der Waals surface area contributed by atoms with Gasteiger partial charge in [0.25, 0.3) is 0 Å². The third-order valence-corrected chi connectivity index (χ3v) is 5.75. The van der Waals surface area contributed by atoms with E-state index in [2.05, 4.69) is 25.4 Å². The lowest BCUT2D eigenvalue weighted by atomic mass is 10.1. The van der Waals surface area contributed by atoms with Gasteiger partial charge in [0.2, 0.25) is 17.7 Å². The molecule has 0 aliphatic carbocycles. The van der Waals surface area contributed by atoms with Gasteiger partial charge in [-0.25, -0.2) is 9.78 Å². The molecular formula is C24H26ClF3N6O4. The Morgan fingerprint density at radius 3 is 2.45 bits per heavy atom. The van der Waals surface area contributed by atoms with E-state index in [9.17, 15) is 18.0 Å². The minimum absolute atomic E-state index is 0.0734. The number of ether oxygens (including phenoxy) is 2. The van der Waals surface area contributed by atoms with Gasteiger partial charge < -0.3 is 19.3 Å². The molecule has 1 N–H and O–H groups in total. The summed E-state index contributed by atoms with van der Waals surface area (Å²) in [5.74, 6) is -0.322. The molecule has 0 saturated carbocycles. The largest absolute Gasteiger partial charge is 0.447 e. The summed E-state index contributed by atoms with van der Waals surface area (Å²) in [5.41, 5.74) is -1.16. The van der Waals surface area contributed by atoms with Gasteiger partial charge in [-0.3, -0.25) is 4.90 Å². The topological polar surface area (TPSA) is 116 Å². The van der Waals surface area contributed by atoms with E-state index in [0.29, 0.717) is 16.7 Å². The van der Waals surface area contributed by atoms with Crippen LogP contribution in [0.5, 0.6) is 0 Å². The Kier molecular flexibility index (Phi) is 7.53. The van der Waals surface area contributed by atoms with Gasteiger partial charge in [-0.1, -0.05) is 16.8 Å². The van der Waals surface area contributed by atoms with Crippen molar-refractivity contribution < 1.29 is 32.0 Å². The predicted molar refractivity (Wildman–Crippen MR) is 132 cm³/mol. The lowest BCUT2D eigenvalue weighted by molar-refractivity contribution is -0.141. The van der Waals surface area contributed by atoms with Crippen molar-refractivity contribution in [3.05, 3.63) is 46.9 Å². The van der Waals surface area contributed by atoms with Gasteiger partial charge in [0.05, 0.1) is 11.7 Å². The first-order valence-corrected chi connectivity index (χ1v) is 12.1. The van der Waals surface area contributed by atoms with Gasteiger partial charge in [0.15, 0.2) is 5.69 Å². The van der Waals surface area contributed by atoms with Crippen molar-refractivity contribution in [1.82, 2.24) is 20.1 Å². The number of amides is 1. The minimum Gasteiger partial charge on any atom is -0.447 e. The molecule has 204 valence electrons. The Morgan fingerprint density at radius 1 is 1.13 bits per heavy atom. The molecule has 0 bridgehead atoms. The first-order chi connectivity index (χ1) is 17.7. The van der Waals surface area contributed by atoms with Crippen LogP contribution in [-0.2, 0) is 15.7 Å². The number of anilines is 2. The van der Waals surface area contributed by atoms with E-state index >= 15 is 0 Å². The highest BCUT2D eigenvalue weighted by Crippen LogP contribution is 2.34. The highest BCUT2D eigenvalue weighted by Gasteiger charge is 2.42. The molecule has 1 aromatic carbocycles. The Balaban J connectivity index is 1.63. The van der Waals surface area contributed by atoms with Crippen molar-refractivity contribution in [3.8, 4) is 11.4 Å². The molecule has 1 saturated heterocycles. The first kappa shape index (κ1) is 27.6. The number of hydrogen-bond acceptors (Lipinski definition) is 9. The van der Waals surface area contributed by atoms with Crippen molar-refractivity contribution in [2.24, 2.45) is 0 Å². The number of carbonyl (C=O) groups excluding carboxylic acids is 1. The minimum atomic E-state index is -4.81. The van der Waals surface area contributed by atoms with Crippen LogP contribution in [-0.4, -0.2) is 50.6 Å². The maximum absolute atomic E-state index is 13.8. The average molecular weight is 555 g/mol. The molecule has 0 unspecified atom stereocenters. The Bertz CT molecular complexity index is 1300. The molecule has 1 fully saturated rings. The molecule has 1 aliphatic heterocycles. The molecule has 3 heterocycles. The highest BCUT2D eigenvalue weighted by molar-refractivity contribution is 6.30. The fourth-order valence-electron chi connectivity index (χ4n) is 3.83. The summed E-state index contributed by atoms with van der Waals surface area (Å²) >= 11 is 5.91. The van der Waals surface area contributed by atoms with Crippen molar-refractivity contribution >= 4 is 29.5 Å². The zero-order chi connectivity index (χ0) is 27.8. The average Bonchev–Trinajstić information content (AvgIpc) is 3.45. The predicted octanol–water partition coefficient (Wildman–Crippen LogP) is 5.90. The second kappa shape index (κ2) is 10.4. The number of hydrogen-bond donors (Lipinski definition) is 1. The Labute approximate surface area is 221 Å². The highest BCUT2D eigenvalue weighted by atomic mass is 35.5. The number of carbonyl (C=O) groups is 1. The lowest BCUT2D eigenvalue weighted by Gasteiger charge is -2.31. The standard InChI is InChI=1S/C24H26ClF3N6O4/c1-12(20-32-19(33-38-20)14-6-8-15(25)9-7-14)29-21-30-17(24(26,27)28)10-18(31-21)34-16(11-36-22(34)35)13(2)37-23(3,4)5/h6-10,12-13,16H,11H2,1-5H3,(H,29,30,31)/t12-,13+,16+/m0/s1. The van der Waals surface area contributed by atoms with Crippen molar-refractivity contribution in [2.45, 2.75) is 64.6 Å². The second-order valence-corrected chi connectivity index (χ2v) is 10.1.